The largest absolute Gasteiger partial charge is 0.231 e. The lowest BCUT2D eigenvalue weighted by Gasteiger charge is -2.01. The summed E-state index contributed by atoms with van der Waals surface area (Å²) in [6, 6.07) is 8.36. The van der Waals surface area contributed by atoms with Crippen molar-refractivity contribution < 1.29 is 4.39 Å². The summed E-state index contributed by atoms with van der Waals surface area (Å²) in [5.41, 5.74) is 0. The molecule has 88 valence electrons. The maximum atomic E-state index is 12.7. The Balaban J connectivity index is 1.71. The van der Waals surface area contributed by atoms with E-state index in [1.807, 2.05) is 0 Å². The van der Waals surface area contributed by atoms with E-state index in [-0.39, 0.29) is 5.82 Å². The highest BCUT2D eigenvalue weighted by Gasteiger charge is 1.98. The minimum atomic E-state index is -0.193. The number of aromatic nitrogens is 2. The molecule has 2 rings (SSSR count). The van der Waals surface area contributed by atoms with E-state index in [1.165, 1.54) is 12.1 Å². The highest BCUT2D eigenvalue weighted by molar-refractivity contribution is 8.02. The molecule has 2 aromatic rings. The maximum absolute atomic E-state index is 12.7. The van der Waals surface area contributed by atoms with Crippen LogP contribution in [0.5, 0.6) is 0 Å². The molecule has 0 spiro atoms. The number of thioether (sulfide) groups is 2. The Morgan fingerprint density at radius 3 is 2.29 bits per heavy atom. The van der Waals surface area contributed by atoms with Gasteiger partial charge in [-0.3, -0.25) is 0 Å². The highest BCUT2D eigenvalue weighted by atomic mass is 32.2. The van der Waals surface area contributed by atoms with Crippen LogP contribution in [0.4, 0.5) is 4.39 Å². The summed E-state index contributed by atoms with van der Waals surface area (Å²) in [4.78, 5) is 9.34. The summed E-state index contributed by atoms with van der Waals surface area (Å²) in [5, 5.41) is 0.798. The SMILES string of the molecule is Fc1ccc(SCCSc2ncccn2)cc1. The van der Waals surface area contributed by atoms with E-state index >= 15 is 0 Å². The minimum Gasteiger partial charge on any atom is -0.231 e. The van der Waals surface area contributed by atoms with Crippen LogP contribution in [-0.4, -0.2) is 21.5 Å². The molecule has 1 aromatic heterocycles. The summed E-state index contributed by atoms with van der Waals surface area (Å²) >= 11 is 3.33. The Morgan fingerprint density at radius 2 is 1.59 bits per heavy atom. The van der Waals surface area contributed by atoms with Crippen molar-refractivity contribution in [3.8, 4) is 0 Å². The summed E-state index contributed by atoms with van der Waals surface area (Å²) in [7, 11) is 0. The molecule has 0 unspecified atom stereocenters. The van der Waals surface area contributed by atoms with Crippen LogP contribution >= 0.6 is 23.5 Å². The smallest absolute Gasteiger partial charge is 0.187 e. The third-order valence-electron chi connectivity index (χ3n) is 1.94. The van der Waals surface area contributed by atoms with Crippen molar-refractivity contribution >= 4 is 23.5 Å². The predicted octanol–water partition coefficient (Wildman–Crippen LogP) is 3.50. The molecule has 0 N–H and O–H groups in total. The number of halogens is 1. The first-order valence-electron chi connectivity index (χ1n) is 5.13. The third-order valence-corrected chi connectivity index (χ3v) is 4.09. The molecule has 0 amide bonds. The third kappa shape index (κ3) is 4.36. The van der Waals surface area contributed by atoms with E-state index in [2.05, 4.69) is 9.97 Å². The van der Waals surface area contributed by atoms with Crippen molar-refractivity contribution in [3.05, 3.63) is 48.5 Å². The summed E-state index contributed by atoms with van der Waals surface area (Å²) < 4.78 is 12.7. The first kappa shape index (κ1) is 12.4. The van der Waals surface area contributed by atoms with Gasteiger partial charge in [-0.15, -0.1) is 11.8 Å². The fourth-order valence-electron chi connectivity index (χ4n) is 1.18. The highest BCUT2D eigenvalue weighted by Crippen LogP contribution is 2.21. The Bertz CT molecular complexity index is 448. The molecule has 0 bridgehead atoms. The second-order valence-electron chi connectivity index (χ2n) is 3.18. The van der Waals surface area contributed by atoms with Gasteiger partial charge in [-0.1, -0.05) is 11.8 Å². The molecule has 0 aliphatic rings. The summed E-state index contributed by atoms with van der Waals surface area (Å²) in [6.07, 6.45) is 3.48. The van der Waals surface area contributed by atoms with Crippen LogP contribution in [0, 0.1) is 5.82 Å². The minimum absolute atomic E-state index is 0.193. The Labute approximate surface area is 108 Å². The van der Waals surface area contributed by atoms with Crippen LogP contribution in [0.25, 0.3) is 0 Å². The molecule has 0 fully saturated rings. The molecule has 17 heavy (non-hydrogen) atoms. The van der Waals surface area contributed by atoms with Gasteiger partial charge in [0.2, 0.25) is 0 Å². The average molecular weight is 266 g/mol. The summed E-state index contributed by atoms with van der Waals surface area (Å²) in [6.45, 7) is 0. The van der Waals surface area contributed by atoms with Gasteiger partial charge in [0.25, 0.3) is 0 Å². The molecule has 0 saturated heterocycles. The number of benzene rings is 1. The fourth-order valence-corrected chi connectivity index (χ4v) is 2.87. The van der Waals surface area contributed by atoms with Crippen molar-refractivity contribution in [2.24, 2.45) is 0 Å². The van der Waals surface area contributed by atoms with E-state index in [1.54, 1.807) is 54.1 Å². The number of hydrogen-bond acceptors (Lipinski definition) is 4. The molecule has 0 aliphatic carbocycles. The van der Waals surface area contributed by atoms with E-state index < -0.39 is 0 Å². The first-order valence-corrected chi connectivity index (χ1v) is 7.10. The molecule has 1 heterocycles. The van der Waals surface area contributed by atoms with Gasteiger partial charge in [-0.05, 0) is 30.3 Å². The Morgan fingerprint density at radius 1 is 0.941 bits per heavy atom. The lowest BCUT2D eigenvalue weighted by molar-refractivity contribution is 0.626. The van der Waals surface area contributed by atoms with Crippen LogP contribution in [0.15, 0.2) is 52.8 Å². The molecular weight excluding hydrogens is 255 g/mol. The van der Waals surface area contributed by atoms with Crippen LogP contribution in [0.1, 0.15) is 0 Å². The monoisotopic (exact) mass is 266 g/mol. The molecule has 1 aromatic carbocycles. The van der Waals surface area contributed by atoms with Crippen molar-refractivity contribution in [2.75, 3.05) is 11.5 Å². The van der Waals surface area contributed by atoms with Gasteiger partial charge >= 0.3 is 0 Å². The van der Waals surface area contributed by atoms with Gasteiger partial charge in [0.1, 0.15) is 5.82 Å². The van der Waals surface area contributed by atoms with Crippen molar-refractivity contribution in [2.45, 2.75) is 10.1 Å². The second kappa shape index (κ2) is 6.61. The van der Waals surface area contributed by atoms with E-state index in [0.717, 1.165) is 21.6 Å². The van der Waals surface area contributed by atoms with Crippen molar-refractivity contribution in [3.63, 3.8) is 0 Å². The van der Waals surface area contributed by atoms with Gasteiger partial charge in [-0.2, -0.15) is 0 Å². The Kier molecular flexibility index (Phi) is 4.82. The van der Waals surface area contributed by atoms with Gasteiger partial charge in [0, 0.05) is 28.8 Å². The standard InChI is InChI=1S/C12H11FN2S2/c13-10-2-4-11(5-3-10)16-8-9-17-12-14-6-1-7-15-12/h1-7H,8-9H2. The molecule has 0 atom stereocenters. The van der Waals surface area contributed by atoms with Crippen LogP contribution < -0.4 is 0 Å². The molecule has 5 heteroatoms. The van der Waals surface area contributed by atoms with Crippen molar-refractivity contribution in [1.29, 1.82) is 0 Å². The van der Waals surface area contributed by atoms with Gasteiger partial charge in [0.05, 0.1) is 0 Å². The molecule has 0 radical (unpaired) electrons. The predicted molar refractivity (Wildman–Crippen MR) is 69.9 cm³/mol. The van der Waals surface area contributed by atoms with Crippen LogP contribution in [-0.2, 0) is 0 Å². The second-order valence-corrected chi connectivity index (χ2v) is 5.41. The molecule has 0 saturated carbocycles. The normalized spacial score (nSPS) is 10.4. The zero-order valence-electron chi connectivity index (χ0n) is 9.04. The lowest BCUT2D eigenvalue weighted by Crippen LogP contribution is -1.88. The van der Waals surface area contributed by atoms with E-state index in [0.29, 0.717) is 0 Å². The first-order chi connectivity index (χ1) is 8.34. The Hall–Kier alpha value is -1.07. The number of hydrogen-bond donors (Lipinski definition) is 0. The van der Waals surface area contributed by atoms with E-state index in [4.69, 9.17) is 0 Å². The van der Waals surface area contributed by atoms with Gasteiger partial charge in [0.15, 0.2) is 5.16 Å². The summed E-state index contributed by atoms with van der Waals surface area (Å²) in [5.74, 6) is 1.70. The molecule has 0 aliphatic heterocycles. The van der Waals surface area contributed by atoms with Crippen LogP contribution in [0.3, 0.4) is 0 Å². The molecule has 2 nitrogen and oxygen atoms in total. The maximum Gasteiger partial charge on any atom is 0.187 e. The van der Waals surface area contributed by atoms with Crippen LogP contribution in [0.2, 0.25) is 0 Å². The lowest BCUT2D eigenvalue weighted by atomic mass is 10.4. The van der Waals surface area contributed by atoms with E-state index in [9.17, 15) is 4.39 Å². The quantitative estimate of drug-likeness (QED) is 0.470. The van der Waals surface area contributed by atoms with Gasteiger partial charge in [-0.25, -0.2) is 14.4 Å². The zero-order valence-corrected chi connectivity index (χ0v) is 10.7. The van der Waals surface area contributed by atoms with Crippen molar-refractivity contribution in [1.82, 2.24) is 9.97 Å². The fraction of sp³-hybridized carbons (Fsp3) is 0.167. The number of nitrogens with zero attached hydrogens (tertiary/aromatic N) is 2. The topological polar surface area (TPSA) is 25.8 Å². The zero-order chi connectivity index (χ0) is 11.9. The molecular formula is C12H11FN2S2. The number of rotatable bonds is 5. The van der Waals surface area contributed by atoms with Gasteiger partial charge < -0.3 is 0 Å². The average Bonchev–Trinajstić information content (AvgIpc) is 2.38.